The van der Waals surface area contributed by atoms with Crippen LogP contribution in [0.25, 0.3) is 11.1 Å². The van der Waals surface area contributed by atoms with Crippen molar-refractivity contribution in [3.63, 3.8) is 0 Å². The van der Waals surface area contributed by atoms with Crippen LogP contribution in [0.3, 0.4) is 0 Å². The van der Waals surface area contributed by atoms with Gasteiger partial charge in [-0.3, -0.25) is 0 Å². The van der Waals surface area contributed by atoms with Crippen molar-refractivity contribution >= 4 is 25.6 Å². The quantitative estimate of drug-likeness (QED) is 0.475. The van der Waals surface area contributed by atoms with Gasteiger partial charge in [0, 0.05) is 0 Å². The Morgan fingerprint density at radius 3 is 2.27 bits per heavy atom. The maximum atomic E-state index is 14.4. The van der Waals surface area contributed by atoms with Gasteiger partial charge >= 0.3 is 138 Å². The monoisotopic (exact) mass is 360 g/mol. The minimum absolute atomic E-state index is 0.209. The van der Waals surface area contributed by atoms with Gasteiger partial charge in [0.2, 0.25) is 0 Å². The van der Waals surface area contributed by atoms with Crippen molar-refractivity contribution in [2.24, 2.45) is 0 Å². The summed E-state index contributed by atoms with van der Waals surface area (Å²) in [5.41, 5.74) is 3.38. The zero-order valence-corrected chi connectivity index (χ0v) is 14.9. The second kappa shape index (κ2) is 7.58. The van der Waals surface area contributed by atoms with Crippen LogP contribution < -0.4 is 0 Å². The second-order valence-electron chi connectivity index (χ2n) is 5.17. The first-order chi connectivity index (χ1) is 10.5. The molecular formula is C20H21FSe. The molecule has 0 bridgehead atoms. The minimum atomic E-state index is -0.288. The summed E-state index contributed by atoms with van der Waals surface area (Å²) in [5.74, 6) is -0.288. The molecule has 2 aromatic rings. The Balaban J connectivity index is 2.15. The summed E-state index contributed by atoms with van der Waals surface area (Å²) in [6.45, 7) is 12.1. The average Bonchev–Trinajstić information content (AvgIpc) is 3.03. The molecule has 0 aliphatic rings. The molecule has 22 heavy (non-hydrogen) atoms. The fourth-order valence-corrected chi connectivity index (χ4v) is 4.06. The van der Waals surface area contributed by atoms with Gasteiger partial charge in [-0.15, -0.1) is 0 Å². The van der Waals surface area contributed by atoms with Crippen LogP contribution in [-0.4, -0.2) is 14.5 Å². The summed E-state index contributed by atoms with van der Waals surface area (Å²) in [6, 6.07) is 12.2. The molecule has 0 aliphatic heterocycles. The van der Waals surface area contributed by atoms with Gasteiger partial charge in [-0.25, -0.2) is 0 Å². The van der Waals surface area contributed by atoms with Crippen molar-refractivity contribution in [2.45, 2.75) is 26.7 Å². The number of benzene rings is 1. The Kier molecular flexibility index (Phi) is 5.76. The van der Waals surface area contributed by atoms with Crippen LogP contribution in [0.2, 0.25) is 0 Å². The average molecular weight is 359 g/mol. The fraction of sp³-hybridized carbons (Fsp3) is 0.200. The summed E-state index contributed by atoms with van der Waals surface area (Å²) in [4.78, 5) is 0. The van der Waals surface area contributed by atoms with Crippen molar-refractivity contribution in [2.75, 3.05) is 0 Å². The molecule has 0 amide bonds. The molecule has 0 aliphatic carbocycles. The molecule has 0 unspecified atom stereocenters. The number of hydrogen-bond acceptors (Lipinski definition) is 0. The van der Waals surface area contributed by atoms with Gasteiger partial charge in [-0.2, -0.15) is 0 Å². The van der Waals surface area contributed by atoms with Crippen LogP contribution >= 0.6 is 0 Å². The Morgan fingerprint density at radius 2 is 1.73 bits per heavy atom. The Morgan fingerprint density at radius 1 is 1.05 bits per heavy atom. The van der Waals surface area contributed by atoms with Crippen LogP contribution in [0.4, 0.5) is 4.39 Å². The third kappa shape index (κ3) is 3.97. The van der Waals surface area contributed by atoms with E-state index in [-0.39, 0.29) is 20.3 Å². The van der Waals surface area contributed by atoms with Crippen LogP contribution in [0.1, 0.15) is 33.8 Å². The molecular weight excluding hydrogens is 338 g/mol. The van der Waals surface area contributed by atoms with E-state index in [0.717, 1.165) is 22.8 Å². The van der Waals surface area contributed by atoms with Crippen molar-refractivity contribution in [3.05, 3.63) is 81.5 Å². The van der Waals surface area contributed by atoms with Crippen molar-refractivity contribution in [3.8, 4) is 0 Å². The Labute approximate surface area is 138 Å². The SMILES string of the molecule is C=C(/C=C(/F)C(=C)c1ccc(CC)[se]1)c1ccc(CC)cc1. The summed E-state index contributed by atoms with van der Waals surface area (Å²) in [5, 5.41) is 0. The van der Waals surface area contributed by atoms with E-state index in [0.29, 0.717) is 11.1 Å². The van der Waals surface area contributed by atoms with Crippen molar-refractivity contribution in [1.29, 1.82) is 0 Å². The van der Waals surface area contributed by atoms with Crippen LogP contribution in [0, 0.1) is 0 Å². The summed E-state index contributed by atoms with van der Waals surface area (Å²) in [7, 11) is 0. The van der Waals surface area contributed by atoms with E-state index in [2.05, 4.69) is 45.2 Å². The first kappa shape index (κ1) is 16.7. The molecule has 2 heteroatoms. The summed E-state index contributed by atoms with van der Waals surface area (Å²) in [6.07, 6.45) is 3.51. The molecule has 0 saturated heterocycles. The number of halogens is 1. The standard InChI is InChI=1S/C20H21FSe/c1-5-16-7-9-17(10-8-16)14(3)13-19(21)15(4)20-12-11-18(6-2)22-20/h7-13H,3-6H2,1-2H3/b19-13+. The van der Waals surface area contributed by atoms with Crippen molar-refractivity contribution < 1.29 is 4.39 Å². The maximum absolute atomic E-state index is 14.4. The molecule has 0 fully saturated rings. The number of aryl methyl sites for hydroxylation is 2. The zero-order chi connectivity index (χ0) is 16.1. The molecule has 0 spiro atoms. The zero-order valence-electron chi connectivity index (χ0n) is 13.2. The number of hydrogen-bond donors (Lipinski definition) is 0. The molecule has 0 nitrogen and oxygen atoms in total. The molecule has 1 aromatic heterocycles. The second-order valence-corrected chi connectivity index (χ2v) is 7.62. The molecule has 0 radical (unpaired) electrons. The third-order valence-electron chi connectivity index (χ3n) is 3.63. The van der Waals surface area contributed by atoms with Gasteiger partial charge < -0.3 is 0 Å². The number of rotatable bonds is 6. The molecule has 0 atom stereocenters. The van der Waals surface area contributed by atoms with Gasteiger partial charge in [0.1, 0.15) is 0 Å². The van der Waals surface area contributed by atoms with E-state index in [1.165, 1.54) is 16.1 Å². The van der Waals surface area contributed by atoms with Crippen LogP contribution in [0.5, 0.6) is 0 Å². The Bertz CT molecular complexity index is 702. The van der Waals surface area contributed by atoms with E-state index in [9.17, 15) is 4.39 Å². The summed E-state index contributed by atoms with van der Waals surface area (Å²) >= 11 is 0.209. The predicted molar refractivity (Wildman–Crippen MR) is 95.8 cm³/mol. The van der Waals surface area contributed by atoms with E-state index < -0.39 is 0 Å². The molecule has 114 valence electrons. The first-order valence-electron chi connectivity index (χ1n) is 7.49. The normalized spacial score (nSPS) is 11.5. The van der Waals surface area contributed by atoms with E-state index in [4.69, 9.17) is 0 Å². The Hall–Kier alpha value is -1.63. The number of allylic oxidation sites excluding steroid dienone is 4. The molecule has 1 aromatic carbocycles. The molecule has 0 saturated carbocycles. The van der Waals surface area contributed by atoms with Gasteiger partial charge in [0.05, 0.1) is 0 Å². The topological polar surface area (TPSA) is 0 Å². The van der Waals surface area contributed by atoms with Crippen molar-refractivity contribution in [1.82, 2.24) is 0 Å². The molecule has 1 heterocycles. The van der Waals surface area contributed by atoms with Gasteiger partial charge in [0.25, 0.3) is 0 Å². The fourth-order valence-electron chi connectivity index (χ4n) is 2.13. The van der Waals surface area contributed by atoms with Crippen LogP contribution in [-0.2, 0) is 12.8 Å². The van der Waals surface area contributed by atoms with E-state index in [1.54, 1.807) is 0 Å². The predicted octanol–water partition coefficient (Wildman–Crippen LogP) is 5.45. The van der Waals surface area contributed by atoms with Gasteiger partial charge in [-0.1, -0.05) is 0 Å². The molecule has 0 N–H and O–H groups in total. The molecule has 2 rings (SSSR count). The third-order valence-corrected chi connectivity index (χ3v) is 6.33. The van der Waals surface area contributed by atoms with Gasteiger partial charge in [-0.05, 0) is 0 Å². The first-order valence-corrected chi connectivity index (χ1v) is 9.20. The van der Waals surface area contributed by atoms with E-state index in [1.807, 2.05) is 18.2 Å². The summed E-state index contributed by atoms with van der Waals surface area (Å²) < 4.78 is 16.8. The van der Waals surface area contributed by atoms with Crippen LogP contribution in [0.15, 0.2) is 61.5 Å². The van der Waals surface area contributed by atoms with Gasteiger partial charge in [0.15, 0.2) is 0 Å². The van der Waals surface area contributed by atoms with E-state index >= 15 is 0 Å².